The van der Waals surface area contributed by atoms with E-state index in [0.717, 1.165) is 0 Å². The van der Waals surface area contributed by atoms with Crippen LogP contribution in [0.3, 0.4) is 0 Å². The van der Waals surface area contributed by atoms with Gasteiger partial charge in [0.05, 0.1) is 17.3 Å². The van der Waals surface area contributed by atoms with Gasteiger partial charge >= 0.3 is 0 Å². The second-order valence-electron chi connectivity index (χ2n) is 5.59. The van der Waals surface area contributed by atoms with Gasteiger partial charge in [-0.2, -0.15) is 0 Å². The van der Waals surface area contributed by atoms with Gasteiger partial charge in [-0.25, -0.2) is 0 Å². The normalized spacial score (nSPS) is 16.1. The van der Waals surface area contributed by atoms with Crippen molar-refractivity contribution in [1.82, 2.24) is 5.32 Å². The zero-order valence-electron chi connectivity index (χ0n) is 13.4. The molecule has 5 nitrogen and oxygen atoms in total. The highest BCUT2D eigenvalue weighted by Gasteiger charge is 2.29. The summed E-state index contributed by atoms with van der Waals surface area (Å²) in [5.41, 5.74) is 1.52. The molecule has 24 heavy (non-hydrogen) atoms. The molecule has 3 rings (SSSR count). The number of fused-ring (bicyclic) bond motifs is 1. The molecule has 1 heterocycles. The third-order valence-electron chi connectivity index (χ3n) is 3.84. The number of nitrogens with zero attached hydrogens (tertiary/aromatic N) is 1. The lowest BCUT2D eigenvalue weighted by atomic mass is 10.1. The minimum absolute atomic E-state index is 0.177. The minimum atomic E-state index is -0.233. The molecule has 0 radical (unpaired) electrons. The zero-order valence-corrected chi connectivity index (χ0v) is 14.1. The predicted molar refractivity (Wildman–Crippen MR) is 93.1 cm³/mol. The van der Waals surface area contributed by atoms with Crippen molar-refractivity contribution in [1.29, 1.82) is 0 Å². The highest BCUT2D eigenvalue weighted by Crippen LogP contribution is 2.39. The molecule has 0 saturated heterocycles. The van der Waals surface area contributed by atoms with Crippen LogP contribution in [0.4, 0.5) is 5.69 Å². The number of carbonyl (C=O) groups excluding carboxylic acids is 2. The first-order chi connectivity index (χ1) is 11.5. The highest BCUT2D eigenvalue weighted by molar-refractivity contribution is 6.32. The lowest BCUT2D eigenvalue weighted by Gasteiger charge is -2.34. The molecule has 1 atom stereocenters. The number of hydrogen-bond acceptors (Lipinski definition) is 3. The number of para-hydroxylation sites is 1. The molecule has 0 aliphatic carbocycles. The van der Waals surface area contributed by atoms with Crippen molar-refractivity contribution in [2.45, 2.75) is 13.0 Å². The Balaban J connectivity index is 1.99. The molecule has 0 fully saturated rings. The monoisotopic (exact) mass is 344 g/mol. The molecule has 0 aromatic heterocycles. The summed E-state index contributed by atoms with van der Waals surface area (Å²) in [5.74, 6) is 0.0802. The van der Waals surface area contributed by atoms with Crippen LogP contribution in [-0.4, -0.2) is 31.5 Å². The maximum atomic E-state index is 13.0. The standard InChI is InChI=1S/C18H17ClN2O3/c1-11-10-21(15-8-4-7-14(19)16(15)24-11)18(23)13-6-3-5-12(9-13)17(22)20-2/h3-9,11H,10H2,1-2H3,(H,20,22)/t11-/m1/s1. The Morgan fingerprint density at radius 3 is 2.67 bits per heavy atom. The van der Waals surface area contributed by atoms with Gasteiger partial charge in [-0.05, 0) is 37.3 Å². The summed E-state index contributed by atoms with van der Waals surface area (Å²) in [5, 5.41) is 3.02. The molecule has 0 unspecified atom stereocenters. The van der Waals surface area contributed by atoms with Crippen LogP contribution >= 0.6 is 11.6 Å². The molecule has 6 heteroatoms. The number of amides is 2. The third kappa shape index (κ3) is 2.95. The van der Waals surface area contributed by atoms with Gasteiger partial charge in [-0.15, -0.1) is 0 Å². The Morgan fingerprint density at radius 2 is 1.92 bits per heavy atom. The van der Waals surface area contributed by atoms with E-state index < -0.39 is 0 Å². The smallest absolute Gasteiger partial charge is 0.258 e. The van der Waals surface area contributed by atoms with Crippen molar-refractivity contribution >= 4 is 29.1 Å². The van der Waals surface area contributed by atoms with Gasteiger partial charge in [0.15, 0.2) is 5.75 Å². The molecule has 1 N–H and O–H groups in total. The third-order valence-corrected chi connectivity index (χ3v) is 4.14. The number of hydrogen-bond donors (Lipinski definition) is 1. The molecule has 1 aliphatic rings. The number of ether oxygens (including phenoxy) is 1. The first-order valence-electron chi connectivity index (χ1n) is 7.60. The molecule has 2 aromatic rings. The fraction of sp³-hybridized carbons (Fsp3) is 0.222. The van der Waals surface area contributed by atoms with E-state index >= 15 is 0 Å². The number of halogens is 1. The molecular weight excluding hydrogens is 328 g/mol. The van der Waals surface area contributed by atoms with Crippen molar-refractivity contribution in [2.75, 3.05) is 18.5 Å². The number of carbonyl (C=O) groups is 2. The lowest BCUT2D eigenvalue weighted by molar-refractivity contribution is 0.0961. The van der Waals surface area contributed by atoms with Crippen molar-refractivity contribution < 1.29 is 14.3 Å². The van der Waals surface area contributed by atoms with Crippen LogP contribution in [0.5, 0.6) is 5.75 Å². The average molecular weight is 345 g/mol. The molecule has 1 aliphatic heterocycles. The Labute approximate surface area is 145 Å². The Morgan fingerprint density at radius 1 is 1.21 bits per heavy atom. The van der Waals surface area contributed by atoms with Crippen molar-refractivity contribution in [3.05, 3.63) is 58.6 Å². The van der Waals surface area contributed by atoms with Gasteiger partial charge in [-0.3, -0.25) is 9.59 Å². The molecule has 0 saturated carbocycles. The molecule has 2 amide bonds. The van der Waals surface area contributed by atoms with Gasteiger partial charge in [0.25, 0.3) is 11.8 Å². The Kier molecular flexibility index (Phi) is 4.44. The summed E-state index contributed by atoms with van der Waals surface area (Å²) in [7, 11) is 1.55. The van der Waals surface area contributed by atoms with Crippen molar-refractivity contribution in [2.24, 2.45) is 0 Å². The first kappa shape index (κ1) is 16.3. The van der Waals surface area contributed by atoms with Gasteiger partial charge in [0, 0.05) is 18.2 Å². The van der Waals surface area contributed by atoms with Gasteiger partial charge < -0.3 is 15.0 Å². The molecular formula is C18H17ClN2O3. The Hall–Kier alpha value is -2.53. The van der Waals surface area contributed by atoms with Crippen molar-refractivity contribution in [3.63, 3.8) is 0 Å². The van der Waals surface area contributed by atoms with E-state index in [9.17, 15) is 9.59 Å². The van der Waals surface area contributed by atoms with E-state index in [2.05, 4.69) is 5.32 Å². The van der Waals surface area contributed by atoms with E-state index in [-0.39, 0.29) is 17.9 Å². The fourth-order valence-corrected chi connectivity index (χ4v) is 2.92. The van der Waals surface area contributed by atoms with Crippen molar-refractivity contribution in [3.8, 4) is 5.75 Å². The number of nitrogens with one attached hydrogen (secondary N) is 1. The van der Waals surface area contributed by atoms with Crippen LogP contribution in [0.1, 0.15) is 27.6 Å². The Bertz CT molecular complexity index is 807. The number of anilines is 1. The fourth-order valence-electron chi connectivity index (χ4n) is 2.71. The van der Waals surface area contributed by atoms with E-state index in [4.69, 9.17) is 16.3 Å². The van der Waals surface area contributed by atoms with E-state index in [1.165, 1.54) is 0 Å². The molecule has 0 bridgehead atoms. The maximum absolute atomic E-state index is 13.0. The van der Waals surface area contributed by atoms with Gasteiger partial charge in [-0.1, -0.05) is 23.7 Å². The SMILES string of the molecule is CNC(=O)c1cccc(C(=O)N2C[C@@H](C)Oc3c(Cl)cccc32)c1. The maximum Gasteiger partial charge on any atom is 0.258 e. The molecule has 124 valence electrons. The zero-order chi connectivity index (χ0) is 17.3. The largest absolute Gasteiger partial charge is 0.485 e. The minimum Gasteiger partial charge on any atom is -0.485 e. The van der Waals surface area contributed by atoms with Crippen LogP contribution in [-0.2, 0) is 0 Å². The first-order valence-corrected chi connectivity index (χ1v) is 7.98. The lowest BCUT2D eigenvalue weighted by Crippen LogP contribution is -2.42. The molecule has 0 spiro atoms. The second kappa shape index (κ2) is 6.53. The van der Waals surface area contributed by atoms with Crippen LogP contribution in [0.2, 0.25) is 5.02 Å². The van der Waals surface area contributed by atoms with E-state index in [0.29, 0.717) is 34.1 Å². The van der Waals surface area contributed by atoms with Crippen LogP contribution in [0.25, 0.3) is 0 Å². The summed E-state index contributed by atoms with van der Waals surface area (Å²) in [4.78, 5) is 26.4. The van der Waals surface area contributed by atoms with Crippen LogP contribution in [0, 0.1) is 0 Å². The summed E-state index contributed by atoms with van der Waals surface area (Å²) in [6.45, 7) is 2.30. The summed E-state index contributed by atoms with van der Waals surface area (Å²) in [6, 6.07) is 12.0. The number of benzene rings is 2. The van der Waals surface area contributed by atoms with Gasteiger partial charge in [0.1, 0.15) is 6.10 Å². The van der Waals surface area contributed by atoms with Crippen LogP contribution < -0.4 is 15.0 Å². The topological polar surface area (TPSA) is 58.6 Å². The van der Waals surface area contributed by atoms with E-state index in [1.54, 1.807) is 54.4 Å². The molecule has 2 aromatic carbocycles. The van der Waals surface area contributed by atoms with Crippen LogP contribution in [0.15, 0.2) is 42.5 Å². The summed E-state index contributed by atoms with van der Waals surface area (Å²) >= 11 is 6.19. The van der Waals surface area contributed by atoms with E-state index in [1.807, 2.05) is 6.92 Å². The summed E-state index contributed by atoms with van der Waals surface area (Å²) < 4.78 is 5.77. The quantitative estimate of drug-likeness (QED) is 0.910. The average Bonchev–Trinajstić information content (AvgIpc) is 2.60. The predicted octanol–water partition coefficient (Wildman–Crippen LogP) is 3.13. The summed E-state index contributed by atoms with van der Waals surface area (Å²) in [6.07, 6.45) is -0.177. The highest BCUT2D eigenvalue weighted by atomic mass is 35.5. The second-order valence-corrected chi connectivity index (χ2v) is 6.00. The number of rotatable bonds is 2. The van der Waals surface area contributed by atoms with Gasteiger partial charge in [0.2, 0.25) is 0 Å².